The van der Waals surface area contributed by atoms with Crippen LogP contribution in [0.5, 0.6) is 0 Å². The molecule has 0 bridgehead atoms. The van der Waals surface area contributed by atoms with E-state index in [1.165, 1.54) is 0 Å². The lowest BCUT2D eigenvalue weighted by Gasteiger charge is -2.32. The van der Waals surface area contributed by atoms with Gasteiger partial charge < -0.3 is 14.7 Å². The van der Waals surface area contributed by atoms with Gasteiger partial charge in [0.1, 0.15) is 5.60 Å². The molecule has 0 aromatic rings. The van der Waals surface area contributed by atoms with Crippen molar-refractivity contribution >= 4 is 12.1 Å². The van der Waals surface area contributed by atoms with E-state index in [1.807, 2.05) is 20.8 Å². The summed E-state index contributed by atoms with van der Waals surface area (Å²) in [6.07, 6.45) is 1.38. The third-order valence-electron chi connectivity index (χ3n) is 2.73. The van der Waals surface area contributed by atoms with Crippen molar-refractivity contribution in [2.75, 3.05) is 13.1 Å². The Labute approximate surface area is 102 Å². The predicted octanol–water partition coefficient (Wildman–Crippen LogP) is 2.11. The third kappa shape index (κ3) is 5.06. The molecular weight excluding hydrogens is 224 g/mol. The van der Waals surface area contributed by atoms with Crippen LogP contribution in [0.15, 0.2) is 0 Å². The number of aliphatic carboxylic acids is 1. The molecule has 1 rings (SSSR count). The van der Waals surface area contributed by atoms with Crippen LogP contribution in [-0.4, -0.2) is 40.8 Å². The van der Waals surface area contributed by atoms with Gasteiger partial charge in [-0.25, -0.2) is 4.79 Å². The van der Waals surface area contributed by atoms with E-state index in [9.17, 15) is 9.59 Å². The number of piperidine rings is 1. The second kappa shape index (κ2) is 5.38. The van der Waals surface area contributed by atoms with E-state index in [4.69, 9.17) is 9.84 Å². The summed E-state index contributed by atoms with van der Waals surface area (Å²) >= 11 is 0. The molecule has 1 heterocycles. The first-order chi connectivity index (χ1) is 7.78. The molecule has 0 radical (unpaired) electrons. The molecule has 0 aromatic carbocycles. The number of carbonyl (C=O) groups is 2. The van der Waals surface area contributed by atoms with Crippen LogP contribution < -0.4 is 0 Å². The van der Waals surface area contributed by atoms with Gasteiger partial charge in [-0.05, 0) is 39.5 Å². The fraction of sp³-hybridized carbons (Fsp3) is 0.833. The number of hydrogen-bond acceptors (Lipinski definition) is 3. The van der Waals surface area contributed by atoms with E-state index in [1.54, 1.807) is 4.90 Å². The number of nitrogens with zero attached hydrogens (tertiary/aromatic N) is 1. The van der Waals surface area contributed by atoms with Gasteiger partial charge in [0.2, 0.25) is 0 Å². The van der Waals surface area contributed by atoms with Gasteiger partial charge in [0.15, 0.2) is 0 Å². The van der Waals surface area contributed by atoms with E-state index in [-0.39, 0.29) is 18.4 Å². The Hall–Kier alpha value is -1.26. The van der Waals surface area contributed by atoms with Crippen molar-refractivity contribution < 1.29 is 19.4 Å². The first kappa shape index (κ1) is 13.8. The van der Waals surface area contributed by atoms with E-state index in [0.29, 0.717) is 13.1 Å². The lowest BCUT2D eigenvalue weighted by atomic mass is 9.97. The second-order valence-electron chi connectivity index (χ2n) is 5.51. The summed E-state index contributed by atoms with van der Waals surface area (Å²) in [6.45, 7) is 6.69. The summed E-state index contributed by atoms with van der Waals surface area (Å²) in [5.74, 6) is -0.577. The minimum absolute atomic E-state index is 0.186. The van der Waals surface area contributed by atoms with Crippen molar-refractivity contribution in [1.29, 1.82) is 0 Å². The van der Waals surface area contributed by atoms with Gasteiger partial charge in [0.05, 0.1) is 0 Å². The molecule has 17 heavy (non-hydrogen) atoms. The fourth-order valence-electron chi connectivity index (χ4n) is 1.89. The minimum atomic E-state index is -0.763. The molecule has 1 saturated heterocycles. The van der Waals surface area contributed by atoms with E-state index in [0.717, 1.165) is 12.8 Å². The topological polar surface area (TPSA) is 66.8 Å². The average Bonchev–Trinajstić information content (AvgIpc) is 2.15. The molecule has 5 nitrogen and oxygen atoms in total. The Balaban J connectivity index is 2.36. The van der Waals surface area contributed by atoms with Crippen LogP contribution in [0.4, 0.5) is 4.79 Å². The van der Waals surface area contributed by atoms with E-state index >= 15 is 0 Å². The predicted molar refractivity (Wildman–Crippen MR) is 62.8 cm³/mol. The van der Waals surface area contributed by atoms with Gasteiger partial charge in [0, 0.05) is 19.5 Å². The quantitative estimate of drug-likeness (QED) is 0.809. The molecule has 0 saturated carbocycles. The summed E-state index contributed by atoms with van der Waals surface area (Å²) in [7, 11) is 0. The van der Waals surface area contributed by atoms with Crippen molar-refractivity contribution in [3.05, 3.63) is 0 Å². The number of likely N-dealkylation sites (tertiary alicyclic amines) is 1. The highest BCUT2D eigenvalue weighted by atomic mass is 16.6. The van der Waals surface area contributed by atoms with Gasteiger partial charge >= 0.3 is 12.1 Å². The maximum atomic E-state index is 11.7. The number of rotatable bonds is 2. The normalized spacial score (nSPS) is 17.9. The fourth-order valence-corrected chi connectivity index (χ4v) is 1.89. The van der Waals surface area contributed by atoms with Crippen LogP contribution >= 0.6 is 0 Å². The molecule has 0 unspecified atom stereocenters. The number of ether oxygens (including phenoxy) is 1. The first-order valence-electron chi connectivity index (χ1n) is 5.97. The van der Waals surface area contributed by atoms with Crippen LogP contribution in [-0.2, 0) is 9.53 Å². The Morgan fingerprint density at radius 1 is 1.41 bits per heavy atom. The number of carboxylic acids is 1. The van der Waals surface area contributed by atoms with Gasteiger partial charge in [-0.2, -0.15) is 0 Å². The summed E-state index contributed by atoms with van der Waals surface area (Å²) in [5.41, 5.74) is -0.477. The SMILES string of the molecule is CC(C)(C)OC(=O)N1CCC(C[14C](=O)O)CC1. The molecule has 0 spiro atoms. The van der Waals surface area contributed by atoms with Crippen LogP contribution in [0, 0.1) is 5.92 Å². The molecule has 1 aliphatic rings. The Morgan fingerprint density at radius 2 is 1.94 bits per heavy atom. The highest BCUT2D eigenvalue weighted by Gasteiger charge is 2.27. The number of carboxylic acid groups (broad SMARTS) is 1. The van der Waals surface area contributed by atoms with E-state index in [2.05, 4.69) is 0 Å². The van der Waals surface area contributed by atoms with Crippen LogP contribution in [0.1, 0.15) is 40.0 Å². The standard InChI is InChI=1S/C12H21NO4/c1-12(2,3)17-11(16)13-6-4-9(5-7-13)8-10(14)15/h9H,4-8H2,1-3H3,(H,14,15)/i10+2. The molecule has 1 aliphatic heterocycles. The van der Waals surface area contributed by atoms with Crippen molar-refractivity contribution in [1.82, 2.24) is 4.90 Å². The van der Waals surface area contributed by atoms with Crippen LogP contribution in [0.2, 0.25) is 0 Å². The maximum Gasteiger partial charge on any atom is 0.410 e. The van der Waals surface area contributed by atoms with Gasteiger partial charge in [-0.3, -0.25) is 4.79 Å². The monoisotopic (exact) mass is 245 g/mol. The van der Waals surface area contributed by atoms with Crippen molar-refractivity contribution in [2.24, 2.45) is 5.92 Å². The van der Waals surface area contributed by atoms with E-state index < -0.39 is 11.6 Å². The van der Waals surface area contributed by atoms with Crippen molar-refractivity contribution in [3.63, 3.8) is 0 Å². The first-order valence-corrected chi connectivity index (χ1v) is 5.97. The number of carbonyl (C=O) groups excluding carboxylic acids is 1. The smallest absolute Gasteiger partial charge is 0.410 e. The zero-order valence-corrected chi connectivity index (χ0v) is 10.7. The summed E-state index contributed by atoms with van der Waals surface area (Å²) < 4.78 is 5.26. The summed E-state index contributed by atoms with van der Waals surface area (Å²) in [6, 6.07) is 0. The maximum absolute atomic E-state index is 11.7. The highest BCUT2D eigenvalue weighted by molar-refractivity contribution is 5.69. The molecule has 0 atom stereocenters. The average molecular weight is 245 g/mol. The third-order valence-corrected chi connectivity index (χ3v) is 2.73. The largest absolute Gasteiger partial charge is 0.481 e. The zero-order chi connectivity index (χ0) is 13.1. The summed E-state index contributed by atoms with van der Waals surface area (Å²) in [4.78, 5) is 24.0. The Bertz CT molecular complexity index is 287. The van der Waals surface area contributed by atoms with Crippen molar-refractivity contribution in [2.45, 2.75) is 45.6 Å². The Morgan fingerprint density at radius 3 is 2.35 bits per heavy atom. The molecule has 0 aliphatic carbocycles. The number of hydrogen-bond donors (Lipinski definition) is 1. The summed E-state index contributed by atoms with van der Waals surface area (Å²) in [5, 5.41) is 8.69. The van der Waals surface area contributed by atoms with Crippen molar-refractivity contribution in [3.8, 4) is 0 Å². The lowest BCUT2D eigenvalue weighted by Crippen LogP contribution is -2.42. The second-order valence-corrected chi connectivity index (χ2v) is 5.51. The Kier molecular flexibility index (Phi) is 4.37. The number of amides is 1. The lowest BCUT2D eigenvalue weighted by molar-refractivity contribution is -0.138. The highest BCUT2D eigenvalue weighted by Crippen LogP contribution is 2.22. The molecule has 1 fully saturated rings. The molecular formula is C12H21NO4. The van der Waals surface area contributed by atoms with Crippen LogP contribution in [0.25, 0.3) is 0 Å². The zero-order valence-electron chi connectivity index (χ0n) is 10.7. The molecule has 0 aromatic heterocycles. The molecule has 1 N–H and O–H groups in total. The van der Waals surface area contributed by atoms with Gasteiger partial charge in [-0.1, -0.05) is 0 Å². The minimum Gasteiger partial charge on any atom is -0.481 e. The molecule has 98 valence electrons. The molecule has 5 heteroatoms. The van der Waals surface area contributed by atoms with Gasteiger partial charge in [-0.15, -0.1) is 0 Å². The van der Waals surface area contributed by atoms with Crippen LogP contribution in [0.3, 0.4) is 0 Å². The van der Waals surface area contributed by atoms with Gasteiger partial charge in [0.25, 0.3) is 0 Å². The molecule has 1 amide bonds.